The average Bonchev–Trinajstić information content (AvgIpc) is 2.84. The molecule has 2 heterocycles. The van der Waals surface area contributed by atoms with E-state index in [4.69, 9.17) is 0 Å². The number of carbonyl (C=O) groups excluding carboxylic acids is 1. The van der Waals surface area contributed by atoms with Crippen molar-refractivity contribution < 1.29 is 4.79 Å². The van der Waals surface area contributed by atoms with Gasteiger partial charge in [-0.1, -0.05) is 88.4 Å². The number of hydrogen-bond acceptors (Lipinski definition) is 3. The molecule has 2 amide bonds. The molecule has 0 aromatic heterocycles. The van der Waals surface area contributed by atoms with Crippen LogP contribution < -0.4 is 10.6 Å². The van der Waals surface area contributed by atoms with Gasteiger partial charge in [-0.3, -0.25) is 0 Å². The van der Waals surface area contributed by atoms with Crippen molar-refractivity contribution in [1.82, 2.24) is 20.4 Å². The van der Waals surface area contributed by atoms with Crippen LogP contribution in [0.15, 0.2) is 60.7 Å². The van der Waals surface area contributed by atoms with Crippen LogP contribution in [0.1, 0.15) is 76.6 Å². The summed E-state index contributed by atoms with van der Waals surface area (Å²) < 4.78 is 0. The molecule has 2 N–H and O–H groups in total. The zero-order chi connectivity index (χ0) is 24.1. The van der Waals surface area contributed by atoms with E-state index in [-0.39, 0.29) is 18.1 Å². The van der Waals surface area contributed by atoms with Crippen molar-refractivity contribution in [2.45, 2.75) is 89.6 Å². The lowest BCUT2D eigenvalue weighted by Gasteiger charge is -2.47. The van der Waals surface area contributed by atoms with Crippen LogP contribution >= 0.6 is 0 Å². The highest BCUT2D eigenvalue weighted by Crippen LogP contribution is 2.37. The Hall–Kier alpha value is -2.37. The molecule has 0 aliphatic carbocycles. The highest BCUT2D eigenvalue weighted by atomic mass is 16.2. The van der Waals surface area contributed by atoms with E-state index < -0.39 is 0 Å². The Morgan fingerprint density at radius 1 is 0.706 bits per heavy atom. The summed E-state index contributed by atoms with van der Waals surface area (Å²) in [5.74, 6) is 0. The smallest absolute Gasteiger partial charge is 0.317 e. The molecule has 5 nitrogen and oxygen atoms in total. The summed E-state index contributed by atoms with van der Waals surface area (Å²) in [5.41, 5.74) is 2.47. The van der Waals surface area contributed by atoms with E-state index in [0.29, 0.717) is 24.2 Å². The number of benzene rings is 2. The second kappa shape index (κ2) is 11.4. The molecule has 2 aliphatic rings. The Bertz CT molecular complexity index is 827. The predicted octanol–water partition coefficient (Wildman–Crippen LogP) is 5.51. The van der Waals surface area contributed by atoms with Crippen LogP contribution in [0.4, 0.5) is 4.79 Å². The van der Waals surface area contributed by atoms with E-state index in [1.165, 1.54) is 11.1 Å². The van der Waals surface area contributed by atoms with Gasteiger partial charge < -0.3 is 20.4 Å². The molecule has 4 atom stereocenters. The van der Waals surface area contributed by atoms with E-state index in [9.17, 15) is 4.79 Å². The molecule has 2 fully saturated rings. The van der Waals surface area contributed by atoms with E-state index in [2.05, 4.69) is 109 Å². The number of nitrogens with one attached hydrogen (secondary N) is 2. The highest BCUT2D eigenvalue weighted by molar-refractivity contribution is 5.76. The van der Waals surface area contributed by atoms with Crippen molar-refractivity contribution in [3.05, 3.63) is 71.8 Å². The Balaban J connectivity index is 1.59. The highest BCUT2D eigenvalue weighted by Gasteiger charge is 2.39. The first kappa shape index (κ1) is 24.7. The maximum absolute atomic E-state index is 14.2. The fourth-order valence-corrected chi connectivity index (χ4v) is 5.78. The number of carbonyl (C=O) groups is 1. The van der Waals surface area contributed by atoms with Crippen LogP contribution in [-0.4, -0.2) is 53.1 Å². The SMILES string of the molecule is CC(C)NC1CCN(C(=O)N2CCC(NC(C)C)CC2c2ccccc2)C(c2ccccc2)C1. The molecule has 5 heteroatoms. The monoisotopic (exact) mass is 462 g/mol. The molecule has 0 saturated carbocycles. The lowest BCUT2D eigenvalue weighted by molar-refractivity contribution is 0.0725. The van der Waals surface area contributed by atoms with Crippen molar-refractivity contribution >= 4 is 6.03 Å². The summed E-state index contributed by atoms with van der Waals surface area (Å²) in [6, 6.07) is 23.3. The topological polar surface area (TPSA) is 47.6 Å². The molecule has 2 aromatic rings. The fourth-order valence-electron chi connectivity index (χ4n) is 5.78. The first-order chi connectivity index (χ1) is 16.4. The molecule has 34 heavy (non-hydrogen) atoms. The number of likely N-dealkylation sites (tertiary alicyclic amines) is 2. The number of piperidine rings is 2. The van der Waals surface area contributed by atoms with Crippen LogP contribution in [0.5, 0.6) is 0 Å². The van der Waals surface area contributed by atoms with Crippen LogP contribution in [0.25, 0.3) is 0 Å². The number of urea groups is 1. The summed E-state index contributed by atoms with van der Waals surface area (Å²) in [4.78, 5) is 18.5. The quantitative estimate of drug-likeness (QED) is 0.595. The first-order valence-electron chi connectivity index (χ1n) is 13.1. The summed E-state index contributed by atoms with van der Waals surface area (Å²) in [7, 11) is 0. The summed E-state index contributed by atoms with van der Waals surface area (Å²) in [6.45, 7) is 10.4. The Labute approximate surface area is 205 Å². The van der Waals surface area contributed by atoms with Gasteiger partial charge in [-0.05, 0) is 36.8 Å². The van der Waals surface area contributed by atoms with Gasteiger partial charge in [0, 0.05) is 37.3 Å². The van der Waals surface area contributed by atoms with Crippen LogP contribution in [0.3, 0.4) is 0 Å². The van der Waals surface area contributed by atoms with E-state index in [0.717, 1.165) is 38.8 Å². The average molecular weight is 463 g/mol. The van der Waals surface area contributed by atoms with Gasteiger partial charge in [0.15, 0.2) is 0 Å². The third-order valence-electron chi connectivity index (χ3n) is 7.20. The van der Waals surface area contributed by atoms with Crippen molar-refractivity contribution in [3.63, 3.8) is 0 Å². The summed E-state index contributed by atoms with van der Waals surface area (Å²) in [5, 5.41) is 7.44. The van der Waals surface area contributed by atoms with Crippen molar-refractivity contribution in [2.75, 3.05) is 13.1 Å². The van der Waals surface area contributed by atoms with E-state index in [1.54, 1.807) is 0 Å². The molecule has 0 bridgehead atoms. The molecule has 4 rings (SSSR count). The van der Waals surface area contributed by atoms with Gasteiger partial charge in [-0.15, -0.1) is 0 Å². The second-order valence-corrected chi connectivity index (χ2v) is 10.6. The maximum Gasteiger partial charge on any atom is 0.321 e. The van der Waals surface area contributed by atoms with Gasteiger partial charge in [0.1, 0.15) is 0 Å². The second-order valence-electron chi connectivity index (χ2n) is 10.6. The van der Waals surface area contributed by atoms with Gasteiger partial charge in [0.25, 0.3) is 0 Å². The molecule has 2 saturated heterocycles. The lowest BCUT2D eigenvalue weighted by Crippen LogP contribution is -2.55. The molecule has 184 valence electrons. The molecule has 0 radical (unpaired) electrons. The third-order valence-corrected chi connectivity index (χ3v) is 7.20. The predicted molar refractivity (Wildman–Crippen MR) is 140 cm³/mol. The van der Waals surface area contributed by atoms with Gasteiger partial charge in [0.2, 0.25) is 0 Å². The molecular formula is C29H42N4O. The largest absolute Gasteiger partial charge is 0.321 e. The normalized spacial score (nSPS) is 25.7. The standard InChI is InChI=1S/C29H42N4O/c1-21(2)30-25-15-17-32(27(19-25)23-11-7-5-8-12-23)29(34)33-18-16-26(31-22(3)4)20-28(33)24-13-9-6-10-14-24/h5-14,21-22,25-28,30-31H,15-20H2,1-4H3. The van der Waals surface area contributed by atoms with Crippen molar-refractivity contribution in [3.8, 4) is 0 Å². The van der Waals surface area contributed by atoms with E-state index in [1.807, 2.05) is 0 Å². The van der Waals surface area contributed by atoms with Crippen molar-refractivity contribution in [2.24, 2.45) is 0 Å². The van der Waals surface area contributed by atoms with Crippen LogP contribution in [0, 0.1) is 0 Å². The minimum absolute atomic E-state index is 0.0987. The van der Waals surface area contributed by atoms with Crippen molar-refractivity contribution in [1.29, 1.82) is 0 Å². The Morgan fingerprint density at radius 3 is 1.44 bits per heavy atom. The fraction of sp³-hybridized carbons (Fsp3) is 0.552. The van der Waals surface area contributed by atoms with Crippen LogP contribution in [0.2, 0.25) is 0 Å². The van der Waals surface area contributed by atoms with Gasteiger partial charge in [0.05, 0.1) is 12.1 Å². The number of rotatable bonds is 6. The number of amides is 2. The summed E-state index contributed by atoms with van der Waals surface area (Å²) >= 11 is 0. The number of hydrogen-bond donors (Lipinski definition) is 2. The minimum Gasteiger partial charge on any atom is -0.317 e. The minimum atomic E-state index is 0.0987. The van der Waals surface area contributed by atoms with Gasteiger partial charge in [-0.25, -0.2) is 4.79 Å². The zero-order valence-corrected chi connectivity index (χ0v) is 21.3. The lowest BCUT2D eigenvalue weighted by atomic mass is 9.89. The Kier molecular flexibility index (Phi) is 8.28. The molecule has 2 aliphatic heterocycles. The van der Waals surface area contributed by atoms with E-state index >= 15 is 0 Å². The molecule has 2 aromatic carbocycles. The summed E-state index contributed by atoms with van der Waals surface area (Å²) in [6.07, 6.45) is 3.90. The molecule has 4 unspecified atom stereocenters. The number of nitrogens with zero attached hydrogens (tertiary/aromatic N) is 2. The zero-order valence-electron chi connectivity index (χ0n) is 21.3. The van der Waals surface area contributed by atoms with Gasteiger partial charge in [-0.2, -0.15) is 0 Å². The van der Waals surface area contributed by atoms with Crippen LogP contribution in [-0.2, 0) is 0 Å². The Morgan fingerprint density at radius 2 is 1.09 bits per heavy atom. The maximum atomic E-state index is 14.2. The third kappa shape index (κ3) is 6.00. The first-order valence-corrected chi connectivity index (χ1v) is 13.1. The molecule has 0 spiro atoms. The molecular weight excluding hydrogens is 420 g/mol. The van der Waals surface area contributed by atoms with Gasteiger partial charge >= 0.3 is 6.03 Å².